The van der Waals surface area contributed by atoms with Crippen molar-refractivity contribution in [2.24, 2.45) is 0 Å². The van der Waals surface area contributed by atoms with E-state index < -0.39 is 21.4 Å². The Labute approximate surface area is 199 Å². The van der Waals surface area contributed by atoms with Gasteiger partial charge in [-0.3, -0.25) is 4.79 Å². The number of carbonyl (C=O) groups is 1. The quantitative estimate of drug-likeness (QED) is 0.190. The molecule has 0 radical (unpaired) electrons. The molecule has 0 saturated carbocycles. The topological polar surface area (TPSA) is 63.2 Å². The number of rotatable bonds is 10. The van der Waals surface area contributed by atoms with Crippen molar-refractivity contribution in [3.8, 4) is 0 Å². The molecule has 0 saturated heterocycles. The lowest BCUT2D eigenvalue weighted by atomic mass is 10.0. The average molecular weight is 476 g/mol. The smallest absolute Gasteiger partial charge is 0.185 e. The summed E-state index contributed by atoms with van der Waals surface area (Å²) in [7, 11) is -3.73. The Kier molecular flexibility index (Phi) is 7.60. The van der Waals surface area contributed by atoms with Gasteiger partial charge in [-0.05, 0) is 40.6 Å². The SMILES string of the molecule is O=C(CS(=O)(=O)c1ccc(CNCCSc2ccccc2)cc1)c1cccc2ccccc12. The third kappa shape index (κ3) is 6.11. The summed E-state index contributed by atoms with van der Waals surface area (Å²) >= 11 is 1.79. The number of carbonyl (C=O) groups excluding carboxylic acids is 1. The lowest BCUT2D eigenvalue weighted by Gasteiger charge is -2.09. The highest BCUT2D eigenvalue weighted by Crippen LogP contribution is 2.21. The summed E-state index contributed by atoms with van der Waals surface area (Å²) in [6.07, 6.45) is 0. The molecule has 168 valence electrons. The van der Waals surface area contributed by atoms with Crippen molar-refractivity contribution in [3.05, 3.63) is 108 Å². The van der Waals surface area contributed by atoms with Crippen molar-refractivity contribution >= 4 is 38.2 Å². The molecule has 0 heterocycles. The van der Waals surface area contributed by atoms with Crippen LogP contribution in [0.2, 0.25) is 0 Å². The van der Waals surface area contributed by atoms with Crippen molar-refractivity contribution in [2.75, 3.05) is 18.1 Å². The second kappa shape index (κ2) is 10.8. The molecule has 33 heavy (non-hydrogen) atoms. The summed E-state index contributed by atoms with van der Waals surface area (Å²) in [5, 5.41) is 5.06. The zero-order valence-corrected chi connectivity index (χ0v) is 19.7. The van der Waals surface area contributed by atoms with Crippen LogP contribution in [-0.4, -0.2) is 32.3 Å². The maximum absolute atomic E-state index is 12.9. The van der Waals surface area contributed by atoms with E-state index in [0.29, 0.717) is 12.1 Å². The summed E-state index contributed by atoms with van der Waals surface area (Å²) in [5.41, 5.74) is 1.44. The van der Waals surface area contributed by atoms with Crippen LogP contribution >= 0.6 is 11.8 Å². The summed E-state index contributed by atoms with van der Waals surface area (Å²) in [6, 6.07) is 29.9. The van der Waals surface area contributed by atoms with Crippen LogP contribution in [0.5, 0.6) is 0 Å². The van der Waals surface area contributed by atoms with Crippen molar-refractivity contribution in [2.45, 2.75) is 16.3 Å². The molecule has 0 bridgehead atoms. The molecule has 0 aliphatic carbocycles. The van der Waals surface area contributed by atoms with Crippen molar-refractivity contribution in [1.82, 2.24) is 5.32 Å². The van der Waals surface area contributed by atoms with Crippen LogP contribution in [0.4, 0.5) is 0 Å². The van der Waals surface area contributed by atoms with Gasteiger partial charge in [-0.25, -0.2) is 8.42 Å². The molecule has 0 spiro atoms. The highest BCUT2D eigenvalue weighted by Gasteiger charge is 2.21. The third-order valence-corrected chi connectivity index (χ3v) is 7.96. The Hall–Kier alpha value is -2.93. The zero-order chi connectivity index (χ0) is 23.1. The minimum Gasteiger partial charge on any atom is -0.312 e. The average Bonchev–Trinajstić information content (AvgIpc) is 2.84. The molecule has 0 aliphatic heterocycles. The van der Waals surface area contributed by atoms with Crippen LogP contribution in [0.15, 0.2) is 107 Å². The number of sulfone groups is 1. The standard InChI is InChI=1S/C27H25NO3S2/c29-27(26-12-6-8-22-7-4-5-11-25(22)26)20-33(30,31)24-15-13-21(14-16-24)19-28-17-18-32-23-9-2-1-3-10-23/h1-16,28H,17-20H2. The van der Waals surface area contributed by atoms with E-state index in [4.69, 9.17) is 0 Å². The van der Waals surface area contributed by atoms with Crippen molar-refractivity contribution < 1.29 is 13.2 Å². The Bertz CT molecular complexity index is 1330. The van der Waals surface area contributed by atoms with Gasteiger partial charge >= 0.3 is 0 Å². The van der Waals surface area contributed by atoms with E-state index in [1.165, 1.54) is 4.90 Å². The van der Waals surface area contributed by atoms with Gasteiger partial charge in [-0.2, -0.15) is 0 Å². The summed E-state index contributed by atoms with van der Waals surface area (Å²) < 4.78 is 25.7. The van der Waals surface area contributed by atoms with Crippen LogP contribution in [0, 0.1) is 0 Å². The second-order valence-electron chi connectivity index (χ2n) is 7.69. The maximum Gasteiger partial charge on any atom is 0.185 e. The molecule has 1 N–H and O–H groups in total. The van der Waals surface area contributed by atoms with Crippen LogP contribution in [0.1, 0.15) is 15.9 Å². The van der Waals surface area contributed by atoms with E-state index in [1.54, 1.807) is 48.2 Å². The Morgan fingerprint density at radius 1 is 0.788 bits per heavy atom. The highest BCUT2D eigenvalue weighted by molar-refractivity contribution is 7.99. The van der Waals surface area contributed by atoms with E-state index in [-0.39, 0.29) is 4.90 Å². The molecule has 0 aliphatic rings. The van der Waals surface area contributed by atoms with Gasteiger partial charge < -0.3 is 5.32 Å². The summed E-state index contributed by atoms with van der Waals surface area (Å²) in [6.45, 7) is 1.50. The highest BCUT2D eigenvalue weighted by atomic mass is 32.2. The number of fused-ring (bicyclic) bond motifs is 1. The van der Waals surface area contributed by atoms with E-state index >= 15 is 0 Å². The zero-order valence-electron chi connectivity index (χ0n) is 18.1. The fraction of sp³-hybridized carbons (Fsp3) is 0.148. The van der Waals surface area contributed by atoms with Crippen LogP contribution < -0.4 is 5.32 Å². The first-order valence-corrected chi connectivity index (χ1v) is 13.4. The third-order valence-electron chi connectivity index (χ3n) is 5.31. The normalized spacial score (nSPS) is 11.5. The van der Waals surface area contributed by atoms with Gasteiger partial charge in [0.1, 0.15) is 5.75 Å². The van der Waals surface area contributed by atoms with E-state index in [9.17, 15) is 13.2 Å². The van der Waals surface area contributed by atoms with Crippen LogP contribution in [0.25, 0.3) is 10.8 Å². The number of thioether (sulfide) groups is 1. The number of nitrogens with one attached hydrogen (secondary N) is 1. The molecule has 6 heteroatoms. The first-order chi connectivity index (χ1) is 16.0. The van der Waals surface area contributed by atoms with E-state index in [2.05, 4.69) is 17.4 Å². The van der Waals surface area contributed by atoms with E-state index in [0.717, 1.165) is 28.6 Å². The van der Waals surface area contributed by atoms with Gasteiger partial charge in [0.05, 0.1) is 4.90 Å². The second-order valence-corrected chi connectivity index (χ2v) is 10.8. The Morgan fingerprint density at radius 3 is 2.27 bits per heavy atom. The molecule has 0 atom stereocenters. The fourth-order valence-electron chi connectivity index (χ4n) is 3.61. The molecule has 4 rings (SSSR count). The molecule has 4 aromatic carbocycles. The van der Waals surface area contributed by atoms with Gasteiger partial charge in [0.15, 0.2) is 15.6 Å². The number of benzene rings is 4. The van der Waals surface area contributed by atoms with E-state index in [1.807, 2.05) is 48.5 Å². The van der Waals surface area contributed by atoms with Crippen LogP contribution in [0.3, 0.4) is 0 Å². The molecule has 0 aromatic heterocycles. The van der Waals surface area contributed by atoms with Crippen molar-refractivity contribution in [3.63, 3.8) is 0 Å². The summed E-state index contributed by atoms with van der Waals surface area (Å²) in [4.78, 5) is 14.2. The van der Waals surface area contributed by atoms with Gasteiger partial charge in [0.2, 0.25) is 0 Å². The maximum atomic E-state index is 12.9. The van der Waals surface area contributed by atoms with Crippen molar-refractivity contribution in [1.29, 1.82) is 0 Å². The number of ketones is 1. The predicted molar refractivity (Wildman–Crippen MR) is 136 cm³/mol. The minimum atomic E-state index is -3.73. The van der Waals surface area contributed by atoms with Crippen LogP contribution in [-0.2, 0) is 16.4 Å². The largest absolute Gasteiger partial charge is 0.312 e. The Balaban J connectivity index is 1.33. The van der Waals surface area contributed by atoms with Gasteiger partial charge in [-0.1, -0.05) is 72.8 Å². The number of Topliss-reactive ketones (excluding diaryl/α,β-unsaturated/α-hetero) is 1. The molecule has 0 unspecified atom stereocenters. The Morgan fingerprint density at radius 2 is 1.48 bits per heavy atom. The fourth-order valence-corrected chi connectivity index (χ4v) is 5.66. The lowest BCUT2D eigenvalue weighted by molar-refractivity contribution is 0.102. The van der Waals surface area contributed by atoms with Gasteiger partial charge in [0.25, 0.3) is 0 Å². The monoisotopic (exact) mass is 475 g/mol. The first kappa shape index (κ1) is 23.2. The molecule has 0 amide bonds. The molecular weight excluding hydrogens is 450 g/mol. The number of hydrogen-bond donors (Lipinski definition) is 1. The molecular formula is C27H25NO3S2. The number of hydrogen-bond acceptors (Lipinski definition) is 5. The minimum absolute atomic E-state index is 0.166. The molecule has 4 nitrogen and oxygen atoms in total. The predicted octanol–water partition coefficient (Wildman–Crippen LogP) is 5.38. The molecule has 4 aromatic rings. The first-order valence-electron chi connectivity index (χ1n) is 10.7. The van der Waals surface area contributed by atoms with Gasteiger partial charge in [-0.15, -0.1) is 11.8 Å². The lowest BCUT2D eigenvalue weighted by Crippen LogP contribution is -2.18. The summed E-state index contributed by atoms with van der Waals surface area (Å²) in [5.74, 6) is 0.00989. The van der Waals surface area contributed by atoms with Gasteiger partial charge in [0, 0.05) is 29.3 Å². The molecule has 0 fully saturated rings.